The summed E-state index contributed by atoms with van der Waals surface area (Å²) in [6.07, 6.45) is 1.46. The van der Waals surface area contributed by atoms with Crippen molar-refractivity contribution in [1.29, 1.82) is 0 Å². The number of nitrogens with two attached hydrogens (primary N) is 1. The van der Waals surface area contributed by atoms with Crippen LogP contribution in [0.25, 0.3) is 0 Å². The summed E-state index contributed by atoms with van der Waals surface area (Å²) in [4.78, 5) is 11.9. The summed E-state index contributed by atoms with van der Waals surface area (Å²) < 4.78 is 2.43. The van der Waals surface area contributed by atoms with Crippen molar-refractivity contribution in [3.8, 4) is 0 Å². The third kappa shape index (κ3) is 2.53. The van der Waals surface area contributed by atoms with E-state index in [2.05, 4.69) is 26.3 Å². The predicted octanol–water partition coefficient (Wildman–Crippen LogP) is 1.69. The fourth-order valence-electron chi connectivity index (χ4n) is 1.53. The summed E-state index contributed by atoms with van der Waals surface area (Å²) >= 11 is 3.43. The molecule has 0 fully saturated rings. The fourth-order valence-corrected chi connectivity index (χ4v) is 1.96. The number of aryl methyl sites for hydroxylation is 1. The summed E-state index contributed by atoms with van der Waals surface area (Å²) in [5.41, 5.74) is 7.13. The highest BCUT2D eigenvalue weighted by Gasteiger charge is 2.13. The molecule has 1 amide bonds. The highest BCUT2D eigenvalue weighted by molar-refractivity contribution is 9.10. The normalized spacial score (nSPS) is 10.3. The number of carbonyl (C=O) groups is 1. The number of carbonyl (C=O) groups excluding carboxylic acids is 1. The minimum atomic E-state index is -0.226. The van der Waals surface area contributed by atoms with E-state index in [-0.39, 0.29) is 5.91 Å². The Morgan fingerprint density at radius 2 is 2.22 bits per heavy atom. The van der Waals surface area contributed by atoms with Crippen molar-refractivity contribution in [3.63, 3.8) is 0 Å². The third-order valence-corrected chi connectivity index (χ3v) is 3.40. The van der Waals surface area contributed by atoms with Crippen molar-refractivity contribution in [3.05, 3.63) is 46.1 Å². The summed E-state index contributed by atoms with van der Waals surface area (Å²) in [5.74, 6) is 0.135. The fraction of sp³-hybridized carbons (Fsp3) is 0.167. The Hall–Kier alpha value is -1.82. The number of nitrogen functional groups attached to an aromatic ring is 1. The number of rotatable bonds is 3. The molecule has 6 heteroatoms. The molecule has 2 aromatic rings. The van der Waals surface area contributed by atoms with E-state index in [0.717, 1.165) is 10.0 Å². The van der Waals surface area contributed by atoms with Gasteiger partial charge in [0.15, 0.2) is 0 Å². The number of nitrogens with one attached hydrogen (secondary N) is 1. The van der Waals surface area contributed by atoms with Gasteiger partial charge >= 0.3 is 0 Å². The maximum atomic E-state index is 11.9. The minimum Gasteiger partial charge on any atom is -0.383 e. The smallest absolute Gasteiger partial charge is 0.256 e. The van der Waals surface area contributed by atoms with Crippen molar-refractivity contribution < 1.29 is 4.79 Å². The van der Waals surface area contributed by atoms with Gasteiger partial charge in [0, 0.05) is 18.1 Å². The number of halogens is 1. The predicted molar refractivity (Wildman–Crippen MR) is 72.9 cm³/mol. The first-order valence-electron chi connectivity index (χ1n) is 5.38. The summed E-state index contributed by atoms with van der Waals surface area (Å²) in [5, 5.41) is 6.74. The highest BCUT2D eigenvalue weighted by Crippen LogP contribution is 2.16. The van der Waals surface area contributed by atoms with Gasteiger partial charge in [0.2, 0.25) is 0 Å². The average Bonchev–Trinajstić information content (AvgIpc) is 2.69. The molecule has 0 aliphatic rings. The number of benzene rings is 1. The van der Waals surface area contributed by atoms with Crippen molar-refractivity contribution >= 4 is 27.7 Å². The topological polar surface area (TPSA) is 72.9 Å². The minimum absolute atomic E-state index is 0.226. The number of hydrogen-bond acceptors (Lipinski definition) is 3. The maximum Gasteiger partial charge on any atom is 0.256 e. The van der Waals surface area contributed by atoms with Crippen molar-refractivity contribution in [2.24, 2.45) is 7.05 Å². The number of anilines is 1. The molecular formula is C12H13BrN4O. The van der Waals surface area contributed by atoms with Gasteiger partial charge in [-0.1, -0.05) is 34.1 Å². The van der Waals surface area contributed by atoms with E-state index >= 15 is 0 Å². The SMILES string of the molecule is Cn1ncc(C(=O)NCc2ccccc2Br)c1N. The van der Waals surface area contributed by atoms with Crippen LogP contribution < -0.4 is 11.1 Å². The van der Waals surface area contributed by atoms with Crippen LogP contribution in [-0.4, -0.2) is 15.7 Å². The molecule has 0 aliphatic heterocycles. The Morgan fingerprint density at radius 3 is 2.83 bits per heavy atom. The molecule has 0 radical (unpaired) electrons. The number of nitrogens with zero attached hydrogens (tertiary/aromatic N) is 2. The van der Waals surface area contributed by atoms with E-state index in [1.54, 1.807) is 7.05 Å². The average molecular weight is 309 g/mol. The van der Waals surface area contributed by atoms with Crippen molar-refractivity contribution in [2.45, 2.75) is 6.54 Å². The highest BCUT2D eigenvalue weighted by atomic mass is 79.9. The van der Waals surface area contributed by atoms with Gasteiger partial charge in [-0.3, -0.25) is 9.48 Å². The molecule has 0 bridgehead atoms. The van der Waals surface area contributed by atoms with Gasteiger partial charge in [0.05, 0.1) is 6.20 Å². The summed E-state index contributed by atoms with van der Waals surface area (Å²) in [6.45, 7) is 0.439. The molecule has 0 unspecified atom stereocenters. The lowest BCUT2D eigenvalue weighted by Crippen LogP contribution is -2.23. The Kier molecular flexibility index (Phi) is 3.66. The van der Waals surface area contributed by atoms with Crippen LogP contribution >= 0.6 is 15.9 Å². The summed E-state index contributed by atoms with van der Waals surface area (Å²) in [6, 6.07) is 7.72. The van der Waals surface area contributed by atoms with E-state index < -0.39 is 0 Å². The van der Waals surface area contributed by atoms with Gasteiger partial charge in [-0.2, -0.15) is 5.10 Å². The van der Waals surface area contributed by atoms with Crippen LogP contribution in [0.15, 0.2) is 34.9 Å². The molecule has 3 N–H and O–H groups in total. The second-order valence-electron chi connectivity index (χ2n) is 3.84. The Bertz CT molecular complexity index is 579. The number of hydrogen-bond donors (Lipinski definition) is 2. The van der Waals surface area contributed by atoms with E-state index in [9.17, 15) is 4.79 Å². The second kappa shape index (κ2) is 5.22. The molecule has 0 aliphatic carbocycles. The standard InChI is InChI=1S/C12H13BrN4O/c1-17-11(14)9(7-16-17)12(18)15-6-8-4-2-3-5-10(8)13/h2-5,7H,6,14H2,1H3,(H,15,18). The van der Waals surface area contributed by atoms with Gasteiger partial charge in [-0.15, -0.1) is 0 Å². The summed E-state index contributed by atoms with van der Waals surface area (Å²) in [7, 11) is 1.69. The lowest BCUT2D eigenvalue weighted by molar-refractivity contribution is 0.0951. The molecule has 1 aromatic heterocycles. The number of aromatic nitrogens is 2. The van der Waals surface area contributed by atoms with Crippen LogP contribution in [0.4, 0.5) is 5.82 Å². The molecular weight excluding hydrogens is 296 g/mol. The zero-order valence-corrected chi connectivity index (χ0v) is 11.4. The molecule has 0 spiro atoms. The molecule has 1 aromatic carbocycles. The van der Waals surface area contributed by atoms with Crippen LogP contribution in [0, 0.1) is 0 Å². The lowest BCUT2D eigenvalue weighted by Gasteiger charge is -2.06. The largest absolute Gasteiger partial charge is 0.383 e. The van der Waals surface area contributed by atoms with Gasteiger partial charge in [-0.05, 0) is 11.6 Å². The van der Waals surface area contributed by atoms with E-state index in [4.69, 9.17) is 5.73 Å². The lowest BCUT2D eigenvalue weighted by atomic mass is 10.2. The number of amides is 1. The van der Waals surface area contributed by atoms with Crippen molar-refractivity contribution in [2.75, 3.05) is 5.73 Å². The Labute approximate surface area is 113 Å². The molecule has 0 atom stereocenters. The van der Waals surface area contributed by atoms with Crippen LogP contribution in [0.1, 0.15) is 15.9 Å². The van der Waals surface area contributed by atoms with Gasteiger partial charge in [0.1, 0.15) is 11.4 Å². The van der Waals surface area contributed by atoms with E-state index in [1.165, 1.54) is 10.9 Å². The molecule has 18 heavy (non-hydrogen) atoms. The monoisotopic (exact) mass is 308 g/mol. The maximum absolute atomic E-state index is 11.9. The van der Waals surface area contributed by atoms with E-state index in [1.807, 2.05) is 24.3 Å². The second-order valence-corrected chi connectivity index (χ2v) is 4.70. The molecule has 1 heterocycles. The molecule has 94 valence electrons. The van der Waals surface area contributed by atoms with Crippen molar-refractivity contribution in [1.82, 2.24) is 15.1 Å². The first-order valence-corrected chi connectivity index (χ1v) is 6.18. The van der Waals surface area contributed by atoms with Gasteiger partial charge in [-0.25, -0.2) is 0 Å². The first-order chi connectivity index (χ1) is 8.59. The first kappa shape index (κ1) is 12.6. The molecule has 2 rings (SSSR count). The zero-order chi connectivity index (χ0) is 13.1. The molecule has 0 saturated carbocycles. The zero-order valence-electron chi connectivity index (χ0n) is 9.85. The Morgan fingerprint density at radius 1 is 1.50 bits per heavy atom. The molecule has 5 nitrogen and oxygen atoms in total. The van der Waals surface area contributed by atoms with Crippen LogP contribution in [0.5, 0.6) is 0 Å². The van der Waals surface area contributed by atoms with Crippen LogP contribution in [0.3, 0.4) is 0 Å². The van der Waals surface area contributed by atoms with Gasteiger partial charge < -0.3 is 11.1 Å². The van der Waals surface area contributed by atoms with Crippen LogP contribution in [0.2, 0.25) is 0 Å². The third-order valence-electron chi connectivity index (χ3n) is 2.63. The Balaban J connectivity index is 2.05. The van der Waals surface area contributed by atoms with E-state index in [0.29, 0.717) is 17.9 Å². The van der Waals surface area contributed by atoms with Gasteiger partial charge in [0.25, 0.3) is 5.91 Å². The molecule has 0 saturated heterocycles. The quantitative estimate of drug-likeness (QED) is 0.906. The van der Waals surface area contributed by atoms with Crippen LogP contribution in [-0.2, 0) is 13.6 Å².